The number of hydrogen-bond acceptors (Lipinski definition) is 6. The summed E-state index contributed by atoms with van der Waals surface area (Å²) in [6.07, 6.45) is 3.19. The van der Waals surface area contributed by atoms with Crippen LogP contribution in [0.25, 0.3) is 0 Å². The molecule has 0 bridgehead atoms. The predicted molar refractivity (Wildman–Crippen MR) is 65.1 cm³/mol. The zero-order valence-electron chi connectivity index (χ0n) is 10.1. The maximum Gasteiger partial charge on any atom is 0.183 e. The molecule has 6 nitrogen and oxygen atoms in total. The highest BCUT2D eigenvalue weighted by Gasteiger charge is 2.34. The van der Waals surface area contributed by atoms with Gasteiger partial charge in [-0.05, 0) is 0 Å². The molecule has 0 aliphatic carbocycles. The van der Waals surface area contributed by atoms with Gasteiger partial charge in [-0.15, -0.1) is 0 Å². The molecule has 1 aromatic heterocycles. The molecule has 3 rings (SSSR count). The van der Waals surface area contributed by atoms with Gasteiger partial charge in [-0.1, -0.05) is 0 Å². The van der Waals surface area contributed by atoms with Gasteiger partial charge >= 0.3 is 0 Å². The minimum Gasteiger partial charge on any atom is -0.379 e. The van der Waals surface area contributed by atoms with E-state index in [0.29, 0.717) is 17.6 Å². The summed E-state index contributed by atoms with van der Waals surface area (Å²) in [6, 6.07) is 2.65. The third kappa shape index (κ3) is 2.03. The summed E-state index contributed by atoms with van der Waals surface area (Å²) in [5.41, 5.74) is 0.415. The van der Waals surface area contributed by atoms with Gasteiger partial charge in [0.2, 0.25) is 0 Å². The van der Waals surface area contributed by atoms with E-state index in [1.165, 1.54) is 0 Å². The Balaban J connectivity index is 1.63. The molecule has 1 aromatic rings. The van der Waals surface area contributed by atoms with Crippen molar-refractivity contribution in [2.24, 2.45) is 0 Å². The Labute approximate surface area is 106 Å². The van der Waals surface area contributed by atoms with Crippen LogP contribution < -0.4 is 4.90 Å². The SMILES string of the molecule is N#Cc1nccnc1N1CC(N2CCOCC2)C1. The largest absolute Gasteiger partial charge is 0.379 e. The molecule has 0 saturated carbocycles. The highest BCUT2D eigenvalue weighted by atomic mass is 16.5. The number of rotatable bonds is 2. The van der Waals surface area contributed by atoms with E-state index < -0.39 is 0 Å². The van der Waals surface area contributed by atoms with Crippen LogP contribution in [0, 0.1) is 11.3 Å². The van der Waals surface area contributed by atoms with Crippen LogP contribution in [0.4, 0.5) is 5.82 Å². The molecular weight excluding hydrogens is 230 g/mol. The fourth-order valence-electron chi connectivity index (χ4n) is 2.44. The summed E-state index contributed by atoms with van der Waals surface area (Å²) >= 11 is 0. The normalized spacial score (nSPS) is 21.4. The van der Waals surface area contributed by atoms with E-state index in [2.05, 4.69) is 25.8 Å². The van der Waals surface area contributed by atoms with E-state index in [9.17, 15) is 0 Å². The fourth-order valence-corrected chi connectivity index (χ4v) is 2.44. The zero-order valence-corrected chi connectivity index (χ0v) is 10.1. The summed E-state index contributed by atoms with van der Waals surface area (Å²) in [6.45, 7) is 5.51. The van der Waals surface area contributed by atoms with E-state index in [0.717, 1.165) is 39.4 Å². The second kappa shape index (κ2) is 4.88. The van der Waals surface area contributed by atoms with Crippen LogP contribution in [0.3, 0.4) is 0 Å². The number of nitriles is 1. The van der Waals surface area contributed by atoms with E-state index >= 15 is 0 Å². The highest BCUT2D eigenvalue weighted by molar-refractivity contribution is 5.51. The van der Waals surface area contributed by atoms with Crippen molar-refractivity contribution in [2.45, 2.75) is 6.04 Å². The van der Waals surface area contributed by atoms with Gasteiger partial charge in [0.05, 0.1) is 13.2 Å². The topological polar surface area (TPSA) is 65.3 Å². The number of ether oxygens (including phenoxy) is 1. The minimum atomic E-state index is 0.415. The van der Waals surface area contributed by atoms with Crippen LogP contribution in [0.5, 0.6) is 0 Å². The van der Waals surface area contributed by atoms with Crippen molar-refractivity contribution < 1.29 is 4.74 Å². The lowest BCUT2D eigenvalue weighted by Crippen LogP contribution is -2.62. The van der Waals surface area contributed by atoms with Crippen molar-refractivity contribution in [3.05, 3.63) is 18.1 Å². The van der Waals surface area contributed by atoms with Crippen molar-refractivity contribution in [1.82, 2.24) is 14.9 Å². The molecular formula is C12H15N5O. The molecule has 0 spiro atoms. The van der Waals surface area contributed by atoms with Gasteiger partial charge in [-0.2, -0.15) is 5.26 Å². The van der Waals surface area contributed by atoms with Crippen molar-refractivity contribution in [3.63, 3.8) is 0 Å². The maximum absolute atomic E-state index is 9.00. The number of hydrogen-bond donors (Lipinski definition) is 0. The zero-order chi connectivity index (χ0) is 12.4. The molecule has 2 saturated heterocycles. The molecule has 0 N–H and O–H groups in total. The van der Waals surface area contributed by atoms with Crippen LogP contribution in [0.1, 0.15) is 5.69 Å². The maximum atomic E-state index is 9.00. The Morgan fingerprint density at radius 1 is 1.22 bits per heavy atom. The van der Waals surface area contributed by atoms with E-state index in [1.54, 1.807) is 12.4 Å². The third-order valence-electron chi connectivity index (χ3n) is 3.51. The van der Waals surface area contributed by atoms with Gasteiger partial charge in [-0.3, -0.25) is 4.90 Å². The summed E-state index contributed by atoms with van der Waals surface area (Å²) in [5, 5.41) is 9.00. The van der Waals surface area contributed by atoms with Crippen molar-refractivity contribution >= 4 is 5.82 Å². The highest BCUT2D eigenvalue weighted by Crippen LogP contribution is 2.23. The molecule has 94 valence electrons. The van der Waals surface area contributed by atoms with Gasteiger partial charge in [0.15, 0.2) is 11.5 Å². The van der Waals surface area contributed by atoms with Gasteiger partial charge < -0.3 is 9.64 Å². The van der Waals surface area contributed by atoms with Gasteiger partial charge in [0.1, 0.15) is 6.07 Å². The molecule has 2 fully saturated rings. The van der Waals surface area contributed by atoms with Gasteiger partial charge in [0, 0.05) is 44.6 Å². The molecule has 0 amide bonds. The smallest absolute Gasteiger partial charge is 0.183 e. The summed E-state index contributed by atoms with van der Waals surface area (Å²) in [7, 11) is 0. The lowest BCUT2D eigenvalue weighted by atomic mass is 10.1. The quantitative estimate of drug-likeness (QED) is 0.723. The Bertz CT molecular complexity index is 460. The molecule has 2 aliphatic rings. The number of aromatic nitrogens is 2. The first kappa shape index (κ1) is 11.4. The number of nitrogens with zero attached hydrogens (tertiary/aromatic N) is 5. The van der Waals surface area contributed by atoms with Crippen molar-refractivity contribution in [1.29, 1.82) is 5.26 Å². The average Bonchev–Trinajstić information content (AvgIpc) is 2.39. The van der Waals surface area contributed by atoms with Crippen LogP contribution in [-0.4, -0.2) is 60.3 Å². The van der Waals surface area contributed by atoms with Crippen LogP contribution in [0.15, 0.2) is 12.4 Å². The van der Waals surface area contributed by atoms with Crippen molar-refractivity contribution in [3.8, 4) is 6.07 Å². The summed E-state index contributed by atoms with van der Waals surface area (Å²) < 4.78 is 5.35. The average molecular weight is 245 g/mol. The van der Waals surface area contributed by atoms with E-state index in [1.807, 2.05) is 0 Å². The second-order valence-electron chi connectivity index (χ2n) is 4.55. The molecule has 6 heteroatoms. The Morgan fingerprint density at radius 2 is 1.94 bits per heavy atom. The van der Waals surface area contributed by atoms with Gasteiger partial charge in [0.25, 0.3) is 0 Å². The molecule has 0 radical (unpaired) electrons. The standard InChI is InChI=1S/C12H15N5O/c13-7-11-12(15-2-1-14-11)17-8-10(9-17)16-3-5-18-6-4-16/h1-2,10H,3-6,8-9H2. The first-order valence-corrected chi connectivity index (χ1v) is 6.16. The molecule has 3 heterocycles. The predicted octanol–water partition coefficient (Wildman–Crippen LogP) is -0.131. The van der Waals surface area contributed by atoms with Crippen LogP contribution in [-0.2, 0) is 4.74 Å². The monoisotopic (exact) mass is 245 g/mol. The number of anilines is 1. The van der Waals surface area contributed by atoms with E-state index in [-0.39, 0.29) is 0 Å². The lowest BCUT2D eigenvalue weighted by molar-refractivity contribution is 0.0104. The third-order valence-corrected chi connectivity index (χ3v) is 3.51. The van der Waals surface area contributed by atoms with E-state index in [4.69, 9.17) is 10.00 Å². The lowest BCUT2D eigenvalue weighted by Gasteiger charge is -2.47. The summed E-state index contributed by atoms with van der Waals surface area (Å²) in [4.78, 5) is 12.9. The minimum absolute atomic E-state index is 0.415. The molecule has 0 aromatic carbocycles. The first-order valence-electron chi connectivity index (χ1n) is 6.16. The molecule has 18 heavy (non-hydrogen) atoms. The Morgan fingerprint density at radius 3 is 2.67 bits per heavy atom. The molecule has 0 atom stereocenters. The van der Waals surface area contributed by atoms with Crippen LogP contribution in [0.2, 0.25) is 0 Å². The molecule has 2 aliphatic heterocycles. The first-order chi connectivity index (χ1) is 8.88. The number of morpholine rings is 1. The fraction of sp³-hybridized carbons (Fsp3) is 0.583. The second-order valence-corrected chi connectivity index (χ2v) is 4.55. The summed E-state index contributed by atoms with van der Waals surface area (Å²) in [5.74, 6) is 0.713. The van der Waals surface area contributed by atoms with Crippen molar-refractivity contribution in [2.75, 3.05) is 44.3 Å². The molecule has 0 unspecified atom stereocenters. The van der Waals surface area contributed by atoms with Crippen LogP contribution >= 0.6 is 0 Å². The Kier molecular flexibility index (Phi) is 3.09. The Hall–Kier alpha value is -1.71. The van der Waals surface area contributed by atoms with Gasteiger partial charge in [-0.25, -0.2) is 9.97 Å².